The maximum Gasteiger partial charge on any atom is 0.223 e. The fourth-order valence-electron chi connectivity index (χ4n) is 4.88. The number of amides is 1. The molecule has 188 valence electrons. The average molecular weight is 484 g/mol. The Morgan fingerprint density at radius 1 is 0.917 bits per heavy atom. The number of aromatic amines is 1. The molecule has 0 saturated heterocycles. The van der Waals surface area contributed by atoms with Gasteiger partial charge in [0.15, 0.2) is 0 Å². The molecule has 0 aliphatic rings. The first-order chi connectivity index (χ1) is 17.5. The topological polar surface area (TPSA) is 48.6 Å². The van der Waals surface area contributed by atoms with Crippen LogP contribution in [0.5, 0.6) is 5.75 Å². The van der Waals surface area contributed by atoms with Crippen LogP contribution in [0, 0.1) is 0 Å². The fraction of sp³-hybridized carbons (Fsp3) is 0.323. The number of likely N-dealkylation sites (N-methyl/N-ethyl adjacent to an activating group) is 1. The van der Waals surface area contributed by atoms with Crippen LogP contribution in [0.3, 0.4) is 0 Å². The number of benzene rings is 3. The van der Waals surface area contributed by atoms with Gasteiger partial charge >= 0.3 is 0 Å². The molecule has 0 spiro atoms. The van der Waals surface area contributed by atoms with Gasteiger partial charge in [0.05, 0.1) is 7.11 Å². The highest BCUT2D eigenvalue weighted by atomic mass is 16.5. The SMILES string of the molecule is CCc1cccc2c([C@@H](CC(=O)N(CCN(C)C)Cc3ccccc3)c3ccccc3OC)c[nH]c12. The van der Waals surface area contributed by atoms with E-state index in [0.717, 1.165) is 40.9 Å². The van der Waals surface area contributed by atoms with Crippen LogP contribution < -0.4 is 4.74 Å². The van der Waals surface area contributed by atoms with Gasteiger partial charge in [-0.15, -0.1) is 0 Å². The number of aryl methyl sites for hydroxylation is 1. The quantitative estimate of drug-likeness (QED) is 0.291. The predicted molar refractivity (Wildman–Crippen MR) is 148 cm³/mol. The van der Waals surface area contributed by atoms with Gasteiger partial charge in [0.2, 0.25) is 5.91 Å². The second-order valence-corrected chi connectivity index (χ2v) is 9.54. The Bertz CT molecular complexity index is 1280. The van der Waals surface area contributed by atoms with E-state index >= 15 is 0 Å². The molecular weight excluding hydrogens is 446 g/mol. The number of aromatic nitrogens is 1. The number of ether oxygens (including phenoxy) is 1. The van der Waals surface area contributed by atoms with Crippen molar-refractivity contribution < 1.29 is 9.53 Å². The summed E-state index contributed by atoms with van der Waals surface area (Å²) in [6.07, 6.45) is 3.39. The van der Waals surface area contributed by atoms with Crippen molar-refractivity contribution >= 4 is 16.8 Å². The molecule has 0 aliphatic carbocycles. The minimum Gasteiger partial charge on any atom is -0.496 e. The zero-order chi connectivity index (χ0) is 25.5. The molecule has 0 saturated carbocycles. The lowest BCUT2D eigenvalue weighted by molar-refractivity contribution is -0.132. The Balaban J connectivity index is 1.73. The third-order valence-electron chi connectivity index (χ3n) is 6.87. The van der Waals surface area contributed by atoms with Crippen LogP contribution >= 0.6 is 0 Å². The van der Waals surface area contributed by atoms with Gasteiger partial charge in [0.1, 0.15) is 5.75 Å². The van der Waals surface area contributed by atoms with E-state index in [4.69, 9.17) is 4.74 Å². The number of carbonyl (C=O) groups is 1. The summed E-state index contributed by atoms with van der Waals surface area (Å²) in [6, 6.07) is 24.7. The maximum atomic E-state index is 14.0. The number of fused-ring (bicyclic) bond motifs is 1. The molecule has 1 amide bonds. The zero-order valence-corrected chi connectivity index (χ0v) is 21.8. The van der Waals surface area contributed by atoms with Gasteiger partial charge < -0.3 is 19.5 Å². The minimum atomic E-state index is -0.132. The van der Waals surface area contributed by atoms with Crippen molar-refractivity contribution in [3.63, 3.8) is 0 Å². The molecule has 1 atom stereocenters. The summed E-state index contributed by atoms with van der Waals surface area (Å²) in [4.78, 5) is 21.6. The molecule has 4 rings (SSSR count). The van der Waals surface area contributed by atoms with Crippen molar-refractivity contribution in [3.8, 4) is 5.75 Å². The molecule has 36 heavy (non-hydrogen) atoms. The van der Waals surface area contributed by atoms with E-state index in [1.165, 1.54) is 10.9 Å². The minimum absolute atomic E-state index is 0.132. The molecule has 4 aromatic rings. The summed E-state index contributed by atoms with van der Waals surface area (Å²) in [5, 5.41) is 1.17. The lowest BCUT2D eigenvalue weighted by Gasteiger charge is -2.27. The Morgan fingerprint density at radius 2 is 1.67 bits per heavy atom. The van der Waals surface area contributed by atoms with Crippen LogP contribution in [0.2, 0.25) is 0 Å². The van der Waals surface area contributed by atoms with Crippen LogP contribution in [-0.2, 0) is 17.8 Å². The van der Waals surface area contributed by atoms with Gasteiger partial charge in [-0.2, -0.15) is 0 Å². The van der Waals surface area contributed by atoms with E-state index in [-0.39, 0.29) is 11.8 Å². The van der Waals surface area contributed by atoms with Crippen LogP contribution in [0.25, 0.3) is 10.9 Å². The van der Waals surface area contributed by atoms with Gasteiger partial charge in [0.25, 0.3) is 0 Å². The number of methoxy groups -OCH3 is 1. The molecule has 0 radical (unpaired) electrons. The first-order valence-electron chi connectivity index (χ1n) is 12.7. The second kappa shape index (κ2) is 11.9. The highest BCUT2D eigenvalue weighted by Gasteiger charge is 2.27. The van der Waals surface area contributed by atoms with Crippen molar-refractivity contribution in [1.82, 2.24) is 14.8 Å². The van der Waals surface area contributed by atoms with Crippen molar-refractivity contribution in [2.24, 2.45) is 0 Å². The Morgan fingerprint density at radius 3 is 2.39 bits per heavy atom. The number of nitrogens with zero attached hydrogens (tertiary/aromatic N) is 2. The smallest absolute Gasteiger partial charge is 0.223 e. The molecule has 0 bridgehead atoms. The van der Waals surface area contributed by atoms with Crippen molar-refractivity contribution in [1.29, 1.82) is 0 Å². The van der Waals surface area contributed by atoms with Gasteiger partial charge in [0, 0.05) is 54.6 Å². The normalized spacial score (nSPS) is 12.1. The Labute approximate surface area is 214 Å². The van der Waals surface area contributed by atoms with Gasteiger partial charge in [-0.1, -0.05) is 73.7 Å². The first-order valence-corrected chi connectivity index (χ1v) is 12.7. The number of carbonyl (C=O) groups excluding carboxylic acids is 1. The van der Waals surface area contributed by atoms with E-state index in [1.807, 2.05) is 55.4 Å². The lowest BCUT2D eigenvalue weighted by Crippen LogP contribution is -2.37. The summed E-state index contributed by atoms with van der Waals surface area (Å²) in [5.74, 6) is 0.809. The summed E-state index contributed by atoms with van der Waals surface area (Å²) in [7, 11) is 5.78. The average Bonchev–Trinajstić information content (AvgIpc) is 3.34. The first kappa shape index (κ1) is 25.5. The standard InChI is InChI=1S/C31H37N3O2/c1-5-24-14-11-16-26-28(21-32-31(24)26)27(25-15-9-10-17-29(25)36-4)20-30(35)34(19-18-33(2)3)22-23-12-7-6-8-13-23/h6-17,21,27,32H,5,18-20,22H2,1-4H3/t27-/m0/s1. The molecule has 0 fully saturated rings. The number of para-hydroxylation sites is 2. The molecule has 1 aromatic heterocycles. The summed E-state index contributed by atoms with van der Waals surface area (Å²) >= 11 is 0. The number of hydrogen-bond donors (Lipinski definition) is 1. The van der Waals surface area contributed by atoms with Crippen LogP contribution in [0.1, 0.15) is 41.5 Å². The maximum absolute atomic E-state index is 14.0. The molecule has 5 heteroatoms. The number of rotatable bonds is 11. The molecule has 1 N–H and O–H groups in total. The third-order valence-corrected chi connectivity index (χ3v) is 6.87. The van der Waals surface area contributed by atoms with Crippen LogP contribution in [0.4, 0.5) is 0 Å². The lowest BCUT2D eigenvalue weighted by atomic mass is 9.86. The number of nitrogens with one attached hydrogen (secondary N) is 1. The van der Waals surface area contributed by atoms with Crippen molar-refractivity contribution in [2.75, 3.05) is 34.3 Å². The number of H-pyrrole nitrogens is 1. The van der Waals surface area contributed by atoms with Crippen LogP contribution in [0.15, 0.2) is 79.0 Å². The highest BCUT2D eigenvalue weighted by Crippen LogP contribution is 2.39. The Kier molecular flexibility index (Phi) is 8.44. The largest absolute Gasteiger partial charge is 0.496 e. The highest BCUT2D eigenvalue weighted by molar-refractivity contribution is 5.88. The Hall–Kier alpha value is -3.57. The summed E-state index contributed by atoms with van der Waals surface area (Å²) < 4.78 is 5.76. The van der Waals surface area contributed by atoms with E-state index in [2.05, 4.69) is 59.4 Å². The fourth-order valence-corrected chi connectivity index (χ4v) is 4.88. The monoisotopic (exact) mass is 483 g/mol. The van der Waals surface area contributed by atoms with E-state index in [9.17, 15) is 4.79 Å². The second-order valence-electron chi connectivity index (χ2n) is 9.54. The van der Waals surface area contributed by atoms with E-state index < -0.39 is 0 Å². The van der Waals surface area contributed by atoms with Crippen molar-refractivity contribution in [3.05, 3.63) is 101 Å². The van der Waals surface area contributed by atoms with Gasteiger partial charge in [-0.3, -0.25) is 4.79 Å². The van der Waals surface area contributed by atoms with Crippen molar-refractivity contribution in [2.45, 2.75) is 32.2 Å². The predicted octanol–water partition coefficient (Wildman–Crippen LogP) is 5.85. The van der Waals surface area contributed by atoms with E-state index in [1.54, 1.807) is 7.11 Å². The molecule has 5 nitrogen and oxygen atoms in total. The molecule has 1 heterocycles. The molecule has 0 unspecified atom stereocenters. The summed E-state index contributed by atoms with van der Waals surface area (Å²) in [6.45, 7) is 4.25. The van der Waals surface area contributed by atoms with E-state index in [0.29, 0.717) is 19.5 Å². The third kappa shape index (κ3) is 5.80. The summed E-state index contributed by atoms with van der Waals surface area (Å²) in [5.41, 5.74) is 5.73. The van der Waals surface area contributed by atoms with Gasteiger partial charge in [-0.25, -0.2) is 0 Å². The van der Waals surface area contributed by atoms with Gasteiger partial charge in [-0.05, 0) is 43.3 Å². The molecule has 0 aliphatic heterocycles. The van der Waals surface area contributed by atoms with Crippen LogP contribution in [-0.4, -0.2) is 55.0 Å². The molecule has 3 aromatic carbocycles. The zero-order valence-electron chi connectivity index (χ0n) is 21.8. The number of hydrogen-bond acceptors (Lipinski definition) is 3. The molecular formula is C31H37N3O2.